The maximum Gasteiger partial charge on any atom is 0.0213 e. The molecule has 98 valence electrons. The Morgan fingerprint density at radius 2 is 1.56 bits per heavy atom. The second kappa shape index (κ2) is 11.4. The fraction of sp³-hybridized carbons (Fsp3) is 1.00. The van der Waals surface area contributed by atoms with Crippen molar-refractivity contribution in [2.75, 3.05) is 0 Å². The van der Waals surface area contributed by atoms with Gasteiger partial charge in [-0.15, -0.1) is 0 Å². The number of hydrazine groups is 1. The van der Waals surface area contributed by atoms with Crippen LogP contribution in [0.5, 0.6) is 0 Å². The molecule has 0 bridgehead atoms. The summed E-state index contributed by atoms with van der Waals surface area (Å²) in [6.45, 7) is 6.82. The van der Waals surface area contributed by atoms with Gasteiger partial charge < -0.3 is 0 Å². The van der Waals surface area contributed by atoms with E-state index in [9.17, 15) is 0 Å². The van der Waals surface area contributed by atoms with Crippen molar-refractivity contribution in [1.82, 2.24) is 5.43 Å². The molecule has 0 spiro atoms. The third-order valence-electron chi connectivity index (χ3n) is 3.66. The van der Waals surface area contributed by atoms with Gasteiger partial charge in [0.1, 0.15) is 0 Å². The molecule has 0 heterocycles. The molecule has 3 N–H and O–H groups in total. The van der Waals surface area contributed by atoms with E-state index in [0.29, 0.717) is 6.04 Å². The lowest BCUT2D eigenvalue weighted by molar-refractivity contribution is 0.346. The van der Waals surface area contributed by atoms with Crippen molar-refractivity contribution in [1.29, 1.82) is 0 Å². The van der Waals surface area contributed by atoms with Crippen molar-refractivity contribution < 1.29 is 0 Å². The number of rotatable bonds is 11. The summed E-state index contributed by atoms with van der Waals surface area (Å²) in [5.74, 6) is 6.47. The molecule has 0 fully saturated rings. The molecule has 0 saturated carbocycles. The Labute approximate surface area is 102 Å². The Balaban J connectivity index is 3.57. The molecule has 0 amide bonds. The summed E-state index contributed by atoms with van der Waals surface area (Å²) in [7, 11) is 0. The van der Waals surface area contributed by atoms with E-state index in [4.69, 9.17) is 5.84 Å². The lowest BCUT2D eigenvalue weighted by Gasteiger charge is -2.21. The minimum absolute atomic E-state index is 0.534. The van der Waals surface area contributed by atoms with Gasteiger partial charge in [-0.1, -0.05) is 65.7 Å². The first-order valence-corrected chi connectivity index (χ1v) is 7.24. The lowest BCUT2D eigenvalue weighted by Crippen LogP contribution is -2.36. The normalized spacial score (nSPS) is 13.3. The van der Waals surface area contributed by atoms with E-state index in [1.54, 1.807) is 0 Å². The van der Waals surface area contributed by atoms with Crippen LogP contribution in [0.15, 0.2) is 0 Å². The van der Waals surface area contributed by atoms with Crippen LogP contribution in [0.25, 0.3) is 0 Å². The molecule has 1 atom stereocenters. The molecule has 0 aliphatic rings. The lowest BCUT2D eigenvalue weighted by atomic mass is 9.92. The van der Waals surface area contributed by atoms with Crippen LogP contribution in [0, 0.1) is 5.92 Å². The van der Waals surface area contributed by atoms with E-state index >= 15 is 0 Å². The summed E-state index contributed by atoms with van der Waals surface area (Å²) in [6, 6.07) is 0.534. The summed E-state index contributed by atoms with van der Waals surface area (Å²) in [6.07, 6.45) is 11.9. The molecule has 0 aliphatic heterocycles. The van der Waals surface area contributed by atoms with Crippen LogP contribution in [-0.4, -0.2) is 6.04 Å². The van der Waals surface area contributed by atoms with Gasteiger partial charge in [-0.25, -0.2) is 0 Å². The molecule has 2 nitrogen and oxygen atoms in total. The van der Waals surface area contributed by atoms with Gasteiger partial charge in [0.25, 0.3) is 0 Å². The van der Waals surface area contributed by atoms with Gasteiger partial charge in [-0.05, 0) is 18.8 Å². The number of unbranched alkanes of at least 4 members (excludes halogenated alkanes) is 4. The van der Waals surface area contributed by atoms with Gasteiger partial charge in [0.05, 0.1) is 0 Å². The quantitative estimate of drug-likeness (QED) is 0.318. The highest BCUT2D eigenvalue weighted by Crippen LogP contribution is 2.18. The maximum atomic E-state index is 5.62. The van der Waals surface area contributed by atoms with Gasteiger partial charge in [-0.3, -0.25) is 11.3 Å². The van der Waals surface area contributed by atoms with E-state index in [1.807, 2.05) is 0 Å². The number of nitrogens with one attached hydrogen (secondary N) is 1. The highest BCUT2D eigenvalue weighted by atomic mass is 15.2. The zero-order valence-corrected chi connectivity index (χ0v) is 11.6. The molecule has 2 heteroatoms. The highest BCUT2D eigenvalue weighted by Gasteiger charge is 2.12. The zero-order chi connectivity index (χ0) is 12.2. The van der Waals surface area contributed by atoms with Crippen LogP contribution in [-0.2, 0) is 0 Å². The largest absolute Gasteiger partial charge is 0.271 e. The average molecular weight is 228 g/mol. The van der Waals surface area contributed by atoms with Crippen molar-refractivity contribution in [3.63, 3.8) is 0 Å². The zero-order valence-electron chi connectivity index (χ0n) is 11.6. The van der Waals surface area contributed by atoms with Crippen LogP contribution in [0.2, 0.25) is 0 Å². The van der Waals surface area contributed by atoms with E-state index in [1.165, 1.54) is 57.8 Å². The predicted octanol–water partition coefficient (Wildman–Crippen LogP) is 4.01. The Morgan fingerprint density at radius 3 is 2.06 bits per heavy atom. The SMILES string of the molecule is CCCCCCCC(CC(CC)CC)NN. The highest BCUT2D eigenvalue weighted by molar-refractivity contribution is 4.68. The minimum Gasteiger partial charge on any atom is -0.271 e. The van der Waals surface area contributed by atoms with Crippen LogP contribution < -0.4 is 11.3 Å². The Hall–Kier alpha value is -0.0800. The Morgan fingerprint density at radius 1 is 0.938 bits per heavy atom. The molecule has 0 aliphatic carbocycles. The monoisotopic (exact) mass is 228 g/mol. The van der Waals surface area contributed by atoms with Gasteiger partial charge in [0.15, 0.2) is 0 Å². The van der Waals surface area contributed by atoms with E-state index < -0.39 is 0 Å². The Bertz CT molecular complexity index is 133. The molecule has 0 rings (SSSR count). The Kier molecular flexibility index (Phi) is 11.3. The van der Waals surface area contributed by atoms with Crippen LogP contribution in [0.4, 0.5) is 0 Å². The minimum atomic E-state index is 0.534. The first-order valence-electron chi connectivity index (χ1n) is 7.24. The summed E-state index contributed by atoms with van der Waals surface area (Å²) in [5.41, 5.74) is 2.99. The maximum absolute atomic E-state index is 5.62. The first-order chi connectivity index (χ1) is 7.78. The van der Waals surface area contributed by atoms with Crippen molar-refractivity contribution >= 4 is 0 Å². The fourth-order valence-electron chi connectivity index (χ4n) is 2.29. The molecule has 1 unspecified atom stereocenters. The topological polar surface area (TPSA) is 38.0 Å². The van der Waals surface area contributed by atoms with Crippen LogP contribution >= 0.6 is 0 Å². The van der Waals surface area contributed by atoms with Crippen molar-refractivity contribution in [2.45, 2.75) is 84.6 Å². The fourth-order valence-corrected chi connectivity index (χ4v) is 2.29. The van der Waals surface area contributed by atoms with Crippen LogP contribution in [0.3, 0.4) is 0 Å². The van der Waals surface area contributed by atoms with E-state index in [-0.39, 0.29) is 0 Å². The van der Waals surface area contributed by atoms with Gasteiger partial charge in [0.2, 0.25) is 0 Å². The molecular weight excluding hydrogens is 196 g/mol. The average Bonchev–Trinajstić information content (AvgIpc) is 2.33. The van der Waals surface area contributed by atoms with Crippen molar-refractivity contribution in [2.24, 2.45) is 11.8 Å². The summed E-state index contributed by atoms with van der Waals surface area (Å²) in [4.78, 5) is 0. The molecule has 0 saturated heterocycles. The molecule has 0 radical (unpaired) electrons. The standard InChI is InChI=1S/C14H32N2/c1-4-7-8-9-10-11-14(16-15)12-13(5-2)6-3/h13-14,16H,4-12,15H2,1-3H3. The molecule has 16 heavy (non-hydrogen) atoms. The molecule has 0 aromatic rings. The second-order valence-corrected chi connectivity index (χ2v) is 4.98. The predicted molar refractivity (Wildman–Crippen MR) is 73.2 cm³/mol. The number of nitrogens with two attached hydrogens (primary N) is 1. The summed E-state index contributed by atoms with van der Waals surface area (Å²) < 4.78 is 0. The van der Waals surface area contributed by atoms with Crippen LogP contribution in [0.1, 0.15) is 78.6 Å². The molecular formula is C14H32N2. The summed E-state index contributed by atoms with van der Waals surface area (Å²) in [5, 5.41) is 0. The van der Waals surface area contributed by atoms with Crippen molar-refractivity contribution in [3.8, 4) is 0 Å². The summed E-state index contributed by atoms with van der Waals surface area (Å²) >= 11 is 0. The van der Waals surface area contributed by atoms with Crippen molar-refractivity contribution in [3.05, 3.63) is 0 Å². The first kappa shape index (κ1) is 15.9. The van der Waals surface area contributed by atoms with Gasteiger partial charge in [-0.2, -0.15) is 0 Å². The molecule has 0 aromatic heterocycles. The number of hydrogen-bond acceptors (Lipinski definition) is 2. The van der Waals surface area contributed by atoms with Gasteiger partial charge >= 0.3 is 0 Å². The van der Waals surface area contributed by atoms with Gasteiger partial charge in [0, 0.05) is 6.04 Å². The third kappa shape index (κ3) is 8.12. The smallest absolute Gasteiger partial charge is 0.0213 e. The van der Waals surface area contributed by atoms with E-state index in [2.05, 4.69) is 26.2 Å². The third-order valence-corrected chi connectivity index (χ3v) is 3.66. The molecule has 0 aromatic carbocycles. The second-order valence-electron chi connectivity index (χ2n) is 4.98. The number of hydrogen-bond donors (Lipinski definition) is 2. The van der Waals surface area contributed by atoms with E-state index in [0.717, 1.165) is 5.92 Å².